The summed E-state index contributed by atoms with van der Waals surface area (Å²) in [5.74, 6) is -0.583. The summed E-state index contributed by atoms with van der Waals surface area (Å²) in [5, 5.41) is 11.2. The van der Waals surface area contributed by atoms with Gasteiger partial charge in [-0.3, -0.25) is 4.79 Å². The third-order valence-electron chi connectivity index (χ3n) is 3.27. The smallest absolute Gasteiger partial charge is 0.328 e. The minimum absolute atomic E-state index is 0.217. The van der Waals surface area contributed by atoms with E-state index in [0.29, 0.717) is 0 Å². The molecule has 1 rings (SSSR count). The standard InChI is InChI=1S/C13H21NO3/c1-2-3-10-4-6-11(7-5-10)14-12(15)8-9-13(16)17/h8-11H,2-7H2,1H3,(H,14,15)(H,16,17)/b9-8+. The molecule has 0 unspecified atom stereocenters. The van der Waals surface area contributed by atoms with Gasteiger partial charge in [0.1, 0.15) is 0 Å². The molecule has 1 fully saturated rings. The molecule has 0 aromatic carbocycles. The first-order valence-electron chi connectivity index (χ1n) is 6.33. The van der Waals surface area contributed by atoms with Crippen LogP contribution in [-0.2, 0) is 9.59 Å². The Morgan fingerprint density at radius 2 is 1.88 bits per heavy atom. The van der Waals surface area contributed by atoms with Crippen LogP contribution >= 0.6 is 0 Å². The van der Waals surface area contributed by atoms with Gasteiger partial charge in [0, 0.05) is 18.2 Å². The average molecular weight is 239 g/mol. The van der Waals surface area contributed by atoms with Gasteiger partial charge in [-0.1, -0.05) is 19.8 Å². The zero-order valence-electron chi connectivity index (χ0n) is 10.3. The van der Waals surface area contributed by atoms with Crippen molar-refractivity contribution in [2.45, 2.75) is 51.5 Å². The Labute approximate surface area is 102 Å². The summed E-state index contributed by atoms with van der Waals surface area (Å²) in [5.41, 5.74) is 0. The zero-order chi connectivity index (χ0) is 12.7. The van der Waals surface area contributed by atoms with E-state index >= 15 is 0 Å². The van der Waals surface area contributed by atoms with E-state index in [2.05, 4.69) is 12.2 Å². The zero-order valence-corrected chi connectivity index (χ0v) is 10.3. The first-order valence-corrected chi connectivity index (χ1v) is 6.33. The summed E-state index contributed by atoms with van der Waals surface area (Å²) >= 11 is 0. The molecule has 0 aromatic rings. The molecule has 1 saturated carbocycles. The fourth-order valence-electron chi connectivity index (χ4n) is 2.40. The van der Waals surface area contributed by atoms with Crippen LogP contribution in [0.2, 0.25) is 0 Å². The Balaban J connectivity index is 2.26. The highest BCUT2D eigenvalue weighted by molar-refractivity contribution is 5.93. The number of hydrogen-bond donors (Lipinski definition) is 2. The van der Waals surface area contributed by atoms with E-state index in [-0.39, 0.29) is 11.9 Å². The summed E-state index contributed by atoms with van der Waals surface area (Å²) in [4.78, 5) is 21.6. The summed E-state index contributed by atoms with van der Waals surface area (Å²) in [6.07, 6.45) is 8.82. The number of aliphatic carboxylic acids is 1. The molecule has 17 heavy (non-hydrogen) atoms. The van der Waals surface area contributed by atoms with Crippen molar-refractivity contribution in [1.82, 2.24) is 5.32 Å². The fraction of sp³-hybridized carbons (Fsp3) is 0.692. The van der Waals surface area contributed by atoms with E-state index in [0.717, 1.165) is 30.9 Å². The molecule has 0 saturated heterocycles. The van der Waals surface area contributed by atoms with Crippen molar-refractivity contribution in [3.63, 3.8) is 0 Å². The van der Waals surface area contributed by atoms with Crippen LogP contribution in [0.5, 0.6) is 0 Å². The Hall–Kier alpha value is -1.32. The second-order valence-corrected chi connectivity index (χ2v) is 4.69. The fourth-order valence-corrected chi connectivity index (χ4v) is 2.40. The molecule has 4 nitrogen and oxygen atoms in total. The van der Waals surface area contributed by atoms with Gasteiger partial charge in [0.25, 0.3) is 0 Å². The average Bonchev–Trinajstić information content (AvgIpc) is 2.29. The van der Waals surface area contributed by atoms with Crippen molar-refractivity contribution in [3.8, 4) is 0 Å². The molecular formula is C13H21NO3. The van der Waals surface area contributed by atoms with Crippen LogP contribution in [0.4, 0.5) is 0 Å². The predicted molar refractivity (Wildman–Crippen MR) is 65.6 cm³/mol. The van der Waals surface area contributed by atoms with Crippen LogP contribution in [0.25, 0.3) is 0 Å². The predicted octanol–water partition coefficient (Wildman–Crippen LogP) is 2.10. The molecule has 96 valence electrons. The number of rotatable bonds is 5. The van der Waals surface area contributed by atoms with Gasteiger partial charge in [-0.15, -0.1) is 0 Å². The van der Waals surface area contributed by atoms with Crippen molar-refractivity contribution >= 4 is 11.9 Å². The Kier molecular flexibility index (Phi) is 5.73. The van der Waals surface area contributed by atoms with E-state index in [1.807, 2.05) is 0 Å². The lowest BCUT2D eigenvalue weighted by Crippen LogP contribution is -2.36. The lowest BCUT2D eigenvalue weighted by atomic mass is 9.83. The number of hydrogen-bond acceptors (Lipinski definition) is 2. The van der Waals surface area contributed by atoms with E-state index in [1.165, 1.54) is 25.7 Å². The van der Waals surface area contributed by atoms with Crippen LogP contribution in [-0.4, -0.2) is 23.0 Å². The molecular weight excluding hydrogens is 218 g/mol. The van der Waals surface area contributed by atoms with Gasteiger partial charge >= 0.3 is 5.97 Å². The quantitative estimate of drug-likeness (QED) is 0.722. The third kappa shape index (κ3) is 5.52. The van der Waals surface area contributed by atoms with Crippen LogP contribution in [0.1, 0.15) is 45.4 Å². The maximum absolute atomic E-state index is 11.4. The largest absolute Gasteiger partial charge is 0.478 e. The number of nitrogens with one attached hydrogen (secondary N) is 1. The molecule has 0 bridgehead atoms. The van der Waals surface area contributed by atoms with Gasteiger partial charge < -0.3 is 10.4 Å². The summed E-state index contributed by atoms with van der Waals surface area (Å²) in [6.45, 7) is 2.20. The van der Waals surface area contributed by atoms with Crippen LogP contribution in [0.15, 0.2) is 12.2 Å². The molecule has 0 atom stereocenters. The maximum Gasteiger partial charge on any atom is 0.328 e. The lowest BCUT2D eigenvalue weighted by molar-refractivity contribution is -0.131. The van der Waals surface area contributed by atoms with Crippen molar-refractivity contribution in [1.29, 1.82) is 0 Å². The summed E-state index contributed by atoms with van der Waals surface area (Å²) in [7, 11) is 0. The number of carbonyl (C=O) groups excluding carboxylic acids is 1. The van der Waals surface area contributed by atoms with Crippen molar-refractivity contribution in [3.05, 3.63) is 12.2 Å². The maximum atomic E-state index is 11.4. The minimum atomic E-state index is -1.09. The number of carbonyl (C=O) groups is 2. The molecule has 0 spiro atoms. The van der Waals surface area contributed by atoms with Crippen molar-refractivity contribution in [2.24, 2.45) is 5.92 Å². The van der Waals surface area contributed by atoms with E-state index < -0.39 is 5.97 Å². The highest BCUT2D eigenvalue weighted by Crippen LogP contribution is 2.27. The Bertz CT molecular complexity index is 291. The first-order chi connectivity index (χ1) is 8.11. The van der Waals surface area contributed by atoms with Gasteiger partial charge in [0.15, 0.2) is 0 Å². The molecule has 1 amide bonds. The Morgan fingerprint density at radius 1 is 1.24 bits per heavy atom. The Morgan fingerprint density at radius 3 is 2.41 bits per heavy atom. The molecule has 0 aromatic heterocycles. The summed E-state index contributed by atoms with van der Waals surface area (Å²) in [6, 6.07) is 0.217. The normalized spacial score (nSPS) is 24.8. The molecule has 1 aliphatic rings. The van der Waals surface area contributed by atoms with Gasteiger partial charge in [-0.2, -0.15) is 0 Å². The molecule has 2 N–H and O–H groups in total. The molecule has 0 heterocycles. The van der Waals surface area contributed by atoms with E-state index in [1.54, 1.807) is 0 Å². The van der Waals surface area contributed by atoms with Gasteiger partial charge in [-0.25, -0.2) is 4.79 Å². The molecule has 4 heteroatoms. The monoisotopic (exact) mass is 239 g/mol. The van der Waals surface area contributed by atoms with Crippen LogP contribution in [0, 0.1) is 5.92 Å². The molecule has 0 radical (unpaired) electrons. The van der Waals surface area contributed by atoms with Gasteiger partial charge in [-0.05, 0) is 31.6 Å². The third-order valence-corrected chi connectivity index (χ3v) is 3.27. The van der Waals surface area contributed by atoms with Crippen molar-refractivity contribution < 1.29 is 14.7 Å². The number of amides is 1. The SMILES string of the molecule is CCCC1CCC(NC(=O)/C=C/C(=O)O)CC1. The van der Waals surface area contributed by atoms with Crippen molar-refractivity contribution in [2.75, 3.05) is 0 Å². The molecule has 0 aliphatic heterocycles. The van der Waals surface area contributed by atoms with Gasteiger partial charge in [0.2, 0.25) is 5.91 Å². The second-order valence-electron chi connectivity index (χ2n) is 4.69. The number of carboxylic acids is 1. The number of carboxylic acid groups (broad SMARTS) is 1. The minimum Gasteiger partial charge on any atom is -0.478 e. The first kappa shape index (κ1) is 13.7. The molecule has 1 aliphatic carbocycles. The summed E-state index contributed by atoms with van der Waals surface area (Å²) < 4.78 is 0. The topological polar surface area (TPSA) is 66.4 Å². The highest BCUT2D eigenvalue weighted by Gasteiger charge is 2.21. The van der Waals surface area contributed by atoms with Gasteiger partial charge in [0.05, 0.1) is 0 Å². The van der Waals surface area contributed by atoms with E-state index in [4.69, 9.17) is 5.11 Å². The lowest BCUT2D eigenvalue weighted by Gasteiger charge is -2.28. The van der Waals surface area contributed by atoms with E-state index in [9.17, 15) is 9.59 Å². The second kappa shape index (κ2) is 7.09. The highest BCUT2D eigenvalue weighted by atomic mass is 16.4. The van der Waals surface area contributed by atoms with Crippen LogP contribution < -0.4 is 5.32 Å². The van der Waals surface area contributed by atoms with Crippen LogP contribution in [0.3, 0.4) is 0 Å².